The van der Waals surface area contributed by atoms with E-state index in [1.807, 2.05) is 35.2 Å². The molecule has 0 radical (unpaired) electrons. The molecule has 1 aliphatic rings. The number of rotatable bonds is 5. The highest BCUT2D eigenvalue weighted by Crippen LogP contribution is 2.19. The van der Waals surface area contributed by atoms with Gasteiger partial charge in [-0.1, -0.05) is 54.9 Å². The van der Waals surface area contributed by atoms with Crippen LogP contribution in [0.5, 0.6) is 0 Å². The summed E-state index contributed by atoms with van der Waals surface area (Å²) >= 11 is 6.00. The fourth-order valence-corrected chi connectivity index (χ4v) is 3.53. The van der Waals surface area contributed by atoms with Crippen molar-refractivity contribution in [2.45, 2.75) is 38.9 Å². The molecule has 1 aliphatic heterocycles. The Morgan fingerprint density at radius 1 is 1.12 bits per heavy atom. The van der Waals surface area contributed by atoms with Crippen LogP contribution in [0.3, 0.4) is 0 Å². The lowest BCUT2D eigenvalue weighted by atomic mass is 10.1. The molecule has 2 aromatic rings. The standard InChI is InChI=1S/C20H24ClN3O/c1-2-18-15-23(14-17-9-6-10-19(21)22-17)12-11-20(25)24(18)13-16-7-4-3-5-8-16/h3-10,18H,2,11-15H2,1H3. The number of aromatic nitrogens is 1. The molecule has 1 atom stereocenters. The van der Waals surface area contributed by atoms with Gasteiger partial charge in [0.05, 0.1) is 5.69 Å². The number of pyridine rings is 1. The Balaban J connectivity index is 1.72. The van der Waals surface area contributed by atoms with E-state index in [-0.39, 0.29) is 11.9 Å². The van der Waals surface area contributed by atoms with Crippen molar-refractivity contribution in [3.8, 4) is 0 Å². The Labute approximate surface area is 154 Å². The van der Waals surface area contributed by atoms with E-state index in [1.54, 1.807) is 6.07 Å². The summed E-state index contributed by atoms with van der Waals surface area (Å²) in [4.78, 5) is 21.4. The summed E-state index contributed by atoms with van der Waals surface area (Å²) in [5.74, 6) is 0.234. The molecule has 1 unspecified atom stereocenters. The number of hydrogen-bond donors (Lipinski definition) is 0. The van der Waals surface area contributed by atoms with Crippen molar-refractivity contribution in [1.29, 1.82) is 0 Å². The first-order chi connectivity index (χ1) is 12.2. The molecule has 2 heterocycles. The van der Waals surface area contributed by atoms with Gasteiger partial charge in [0.2, 0.25) is 5.91 Å². The van der Waals surface area contributed by atoms with E-state index in [1.165, 1.54) is 5.56 Å². The van der Waals surface area contributed by atoms with Gasteiger partial charge in [0, 0.05) is 38.6 Å². The van der Waals surface area contributed by atoms with Crippen LogP contribution in [-0.2, 0) is 17.9 Å². The zero-order valence-corrected chi connectivity index (χ0v) is 15.3. The van der Waals surface area contributed by atoms with Gasteiger partial charge in [0.1, 0.15) is 5.15 Å². The topological polar surface area (TPSA) is 36.4 Å². The molecule has 1 fully saturated rings. The van der Waals surface area contributed by atoms with Crippen molar-refractivity contribution in [3.05, 3.63) is 64.9 Å². The summed E-state index contributed by atoms with van der Waals surface area (Å²) in [5.41, 5.74) is 2.13. The molecule has 3 rings (SSSR count). The minimum absolute atomic E-state index is 0.217. The maximum absolute atomic E-state index is 12.7. The SMILES string of the molecule is CCC1CN(Cc2cccc(Cl)n2)CCC(=O)N1Cc1ccccc1. The number of carbonyl (C=O) groups excluding carboxylic acids is 1. The van der Waals surface area contributed by atoms with E-state index in [2.05, 4.69) is 28.9 Å². The lowest BCUT2D eigenvalue weighted by molar-refractivity contribution is -0.133. The summed E-state index contributed by atoms with van der Waals surface area (Å²) in [6.07, 6.45) is 1.49. The minimum atomic E-state index is 0.217. The van der Waals surface area contributed by atoms with Crippen LogP contribution in [0.2, 0.25) is 5.15 Å². The summed E-state index contributed by atoms with van der Waals surface area (Å²) < 4.78 is 0. The highest BCUT2D eigenvalue weighted by atomic mass is 35.5. The second kappa shape index (κ2) is 8.45. The molecule has 1 saturated heterocycles. The molecule has 1 amide bonds. The van der Waals surface area contributed by atoms with Crippen LogP contribution in [0, 0.1) is 0 Å². The zero-order chi connectivity index (χ0) is 17.6. The predicted molar refractivity (Wildman–Crippen MR) is 100 cm³/mol. The van der Waals surface area contributed by atoms with Crippen molar-refractivity contribution in [3.63, 3.8) is 0 Å². The van der Waals surface area contributed by atoms with Crippen LogP contribution in [0.15, 0.2) is 48.5 Å². The first-order valence-corrected chi connectivity index (χ1v) is 9.20. The summed E-state index contributed by atoms with van der Waals surface area (Å²) in [6.45, 7) is 5.18. The van der Waals surface area contributed by atoms with Crippen LogP contribution in [-0.4, -0.2) is 39.8 Å². The Bertz CT molecular complexity index is 707. The van der Waals surface area contributed by atoms with Gasteiger partial charge >= 0.3 is 0 Å². The van der Waals surface area contributed by atoms with Crippen LogP contribution >= 0.6 is 11.6 Å². The largest absolute Gasteiger partial charge is 0.334 e. The molecule has 4 nitrogen and oxygen atoms in total. The first kappa shape index (κ1) is 17.9. The van der Waals surface area contributed by atoms with Gasteiger partial charge in [0.15, 0.2) is 0 Å². The van der Waals surface area contributed by atoms with E-state index in [0.717, 1.165) is 31.7 Å². The first-order valence-electron chi connectivity index (χ1n) is 8.83. The zero-order valence-electron chi connectivity index (χ0n) is 14.6. The molecular formula is C20H24ClN3O. The van der Waals surface area contributed by atoms with Gasteiger partial charge in [0.25, 0.3) is 0 Å². The van der Waals surface area contributed by atoms with Gasteiger partial charge in [-0.3, -0.25) is 9.69 Å². The summed E-state index contributed by atoms with van der Waals surface area (Å²) in [6, 6.07) is 16.1. The summed E-state index contributed by atoms with van der Waals surface area (Å²) in [7, 11) is 0. The maximum Gasteiger partial charge on any atom is 0.224 e. The quantitative estimate of drug-likeness (QED) is 0.765. The Morgan fingerprint density at radius 2 is 1.92 bits per heavy atom. The third-order valence-electron chi connectivity index (χ3n) is 4.70. The third-order valence-corrected chi connectivity index (χ3v) is 4.91. The molecule has 0 bridgehead atoms. The number of benzene rings is 1. The van der Waals surface area contributed by atoms with E-state index >= 15 is 0 Å². The van der Waals surface area contributed by atoms with Gasteiger partial charge in [-0.25, -0.2) is 4.98 Å². The normalized spacial score (nSPS) is 19.0. The van der Waals surface area contributed by atoms with Gasteiger partial charge in [-0.05, 0) is 24.1 Å². The molecule has 132 valence electrons. The average Bonchev–Trinajstić information content (AvgIpc) is 2.76. The average molecular weight is 358 g/mol. The Kier molecular flexibility index (Phi) is 6.05. The van der Waals surface area contributed by atoms with Crippen molar-refractivity contribution in [2.75, 3.05) is 13.1 Å². The molecule has 0 aliphatic carbocycles. The number of amides is 1. The maximum atomic E-state index is 12.7. The van der Waals surface area contributed by atoms with Gasteiger partial charge in [-0.15, -0.1) is 0 Å². The monoisotopic (exact) mass is 357 g/mol. The lowest BCUT2D eigenvalue weighted by Gasteiger charge is -2.31. The fourth-order valence-electron chi connectivity index (χ4n) is 3.35. The molecule has 0 saturated carbocycles. The lowest BCUT2D eigenvalue weighted by Crippen LogP contribution is -2.42. The minimum Gasteiger partial charge on any atom is -0.334 e. The van der Waals surface area contributed by atoms with Crippen molar-refractivity contribution in [2.24, 2.45) is 0 Å². The molecule has 1 aromatic carbocycles. The fraction of sp³-hybridized carbons (Fsp3) is 0.400. The molecular weight excluding hydrogens is 334 g/mol. The van der Waals surface area contributed by atoms with Crippen LogP contribution in [0.1, 0.15) is 31.0 Å². The van der Waals surface area contributed by atoms with Gasteiger partial charge in [-0.2, -0.15) is 0 Å². The van der Waals surface area contributed by atoms with Crippen LogP contribution < -0.4 is 0 Å². The Morgan fingerprint density at radius 3 is 2.64 bits per heavy atom. The number of nitrogens with zero attached hydrogens (tertiary/aromatic N) is 3. The predicted octanol–water partition coefficient (Wildman–Crippen LogP) is 3.75. The number of hydrogen-bond acceptors (Lipinski definition) is 3. The molecule has 0 spiro atoms. The van der Waals surface area contributed by atoms with E-state index in [4.69, 9.17) is 11.6 Å². The second-order valence-corrected chi connectivity index (χ2v) is 6.89. The van der Waals surface area contributed by atoms with Crippen molar-refractivity contribution in [1.82, 2.24) is 14.8 Å². The highest BCUT2D eigenvalue weighted by Gasteiger charge is 2.28. The van der Waals surface area contributed by atoms with Crippen molar-refractivity contribution < 1.29 is 4.79 Å². The smallest absolute Gasteiger partial charge is 0.224 e. The third kappa shape index (κ3) is 4.80. The molecule has 0 N–H and O–H groups in total. The summed E-state index contributed by atoms with van der Waals surface area (Å²) in [5, 5.41) is 0.515. The van der Waals surface area contributed by atoms with E-state index < -0.39 is 0 Å². The molecule has 25 heavy (non-hydrogen) atoms. The van der Waals surface area contributed by atoms with Crippen molar-refractivity contribution >= 4 is 17.5 Å². The number of halogens is 1. The molecule has 5 heteroatoms. The second-order valence-electron chi connectivity index (χ2n) is 6.51. The Hall–Kier alpha value is -1.91. The van der Waals surface area contributed by atoms with Gasteiger partial charge < -0.3 is 4.90 Å². The van der Waals surface area contributed by atoms with Crippen LogP contribution in [0.4, 0.5) is 0 Å². The highest BCUT2D eigenvalue weighted by molar-refractivity contribution is 6.29. The van der Waals surface area contributed by atoms with Crippen LogP contribution in [0.25, 0.3) is 0 Å². The molecule has 1 aromatic heterocycles. The van der Waals surface area contributed by atoms with E-state index in [0.29, 0.717) is 18.1 Å². The van der Waals surface area contributed by atoms with E-state index in [9.17, 15) is 4.79 Å². The number of carbonyl (C=O) groups is 1.